The molecule has 0 aliphatic carbocycles. The van der Waals surface area contributed by atoms with Crippen molar-refractivity contribution in [2.75, 3.05) is 0 Å². The van der Waals surface area contributed by atoms with Gasteiger partial charge in [0, 0.05) is 0 Å². The summed E-state index contributed by atoms with van der Waals surface area (Å²) >= 11 is 5.70. The minimum absolute atomic E-state index is 0.302. The summed E-state index contributed by atoms with van der Waals surface area (Å²) in [5, 5.41) is 11.2. The first-order chi connectivity index (χ1) is 6.25. The largest absolute Gasteiger partial charge is 0.337 e. The average molecular weight is 200 g/mol. The van der Waals surface area contributed by atoms with E-state index in [0.717, 1.165) is 0 Å². The minimum atomic E-state index is 0.302. The van der Waals surface area contributed by atoms with Crippen LogP contribution in [0.1, 0.15) is 11.7 Å². The molecule has 0 spiro atoms. The zero-order chi connectivity index (χ0) is 9.26. The lowest BCUT2D eigenvalue weighted by molar-refractivity contribution is 0.367. The topological polar surface area (TPSA) is 69.6 Å². The Morgan fingerprint density at radius 1 is 1.62 bits per heavy atom. The van der Waals surface area contributed by atoms with Crippen molar-refractivity contribution in [1.82, 2.24) is 24.9 Å². The van der Waals surface area contributed by atoms with Crippen LogP contribution in [0.4, 0.5) is 0 Å². The second kappa shape index (κ2) is 3.14. The number of aromatic nitrogens is 5. The van der Waals surface area contributed by atoms with Crippen molar-refractivity contribution in [2.24, 2.45) is 0 Å². The Balaban J connectivity index is 2.19. The molecule has 0 fully saturated rings. The molecule has 0 unspecified atom stereocenters. The van der Waals surface area contributed by atoms with Gasteiger partial charge >= 0.3 is 0 Å². The van der Waals surface area contributed by atoms with Crippen molar-refractivity contribution >= 4 is 11.6 Å². The minimum Gasteiger partial charge on any atom is -0.337 e. The van der Waals surface area contributed by atoms with E-state index in [1.807, 2.05) is 0 Å². The predicted octanol–water partition coefficient (Wildman–Crippen LogP) is 0.671. The number of aryl methyl sites for hydroxylation is 1. The molecule has 2 heterocycles. The number of rotatable bonds is 2. The van der Waals surface area contributed by atoms with Gasteiger partial charge in [-0.05, 0) is 18.5 Å². The molecule has 0 saturated heterocycles. The van der Waals surface area contributed by atoms with Crippen LogP contribution in [0.5, 0.6) is 0 Å². The summed E-state index contributed by atoms with van der Waals surface area (Å²) in [6, 6.07) is 0. The Bertz CT molecular complexity index is 409. The molecular weight excluding hydrogens is 194 g/mol. The lowest BCUT2D eigenvalue weighted by Crippen LogP contribution is -1.98. The van der Waals surface area contributed by atoms with Gasteiger partial charge in [0.1, 0.15) is 12.9 Å². The monoisotopic (exact) mass is 199 g/mol. The lowest BCUT2D eigenvalue weighted by Gasteiger charge is -1.94. The number of hydrogen-bond acceptors (Lipinski definition) is 5. The van der Waals surface area contributed by atoms with E-state index in [1.165, 1.54) is 6.33 Å². The van der Waals surface area contributed by atoms with Crippen molar-refractivity contribution in [3.8, 4) is 0 Å². The molecule has 6 nitrogen and oxygen atoms in total. The molecule has 0 atom stereocenters. The van der Waals surface area contributed by atoms with E-state index in [0.29, 0.717) is 23.5 Å². The van der Waals surface area contributed by atoms with Gasteiger partial charge in [0.25, 0.3) is 0 Å². The van der Waals surface area contributed by atoms with Crippen molar-refractivity contribution in [3.63, 3.8) is 0 Å². The highest BCUT2D eigenvalue weighted by Gasteiger charge is 2.06. The fourth-order valence-electron chi connectivity index (χ4n) is 0.897. The van der Waals surface area contributed by atoms with Gasteiger partial charge in [-0.3, -0.25) is 4.57 Å². The maximum Gasteiger partial charge on any atom is 0.246 e. The summed E-state index contributed by atoms with van der Waals surface area (Å²) in [5.41, 5.74) is 0. The average Bonchev–Trinajstić information content (AvgIpc) is 2.64. The van der Waals surface area contributed by atoms with Crippen LogP contribution in [0.25, 0.3) is 0 Å². The highest BCUT2D eigenvalue weighted by atomic mass is 35.5. The quantitative estimate of drug-likeness (QED) is 0.711. The first kappa shape index (κ1) is 8.18. The van der Waals surface area contributed by atoms with Crippen LogP contribution in [0.15, 0.2) is 10.9 Å². The Kier molecular flexibility index (Phi) is 1.97. The van der Waals surface area contributed by atoms with Crippen molar-refractivity contribution in [1.29, 1.82) is 0 Å². The summed E-state index contributed by atoms with van der Waals surface area (Å²) in [5.74, 6) is 1.08. The molecule has 0 radical (unpaired) electrons. The molecule has 2 aromatic heterocycles. The number of halogens is 1. The van der Waals surface area contributed by atoms with Crippen LogP contribution in [0.2, 0.25) is 5.28 Å². The molecule has 2 aromatic rings. The molecule has 2 rings (SSSR count). The van der Waals surface area contributed by atoms with Gasteiger partial charge in [-0.25, -0.2) is 0 Å². The summed E-state index contributed by atoms with van der Waals surface area (Å²) in [6.45, 7) is 2.15. The van der Waals surface area contributed by atoms with Crippen LogP contribution >= 0.6 is 11.6 Å². The van der Waals surface area contributed by atoms with Gasteiger partial charge in [0.15, 0.2) is 5.82 Å². The van der Waals surface area contributed by atoms with Crippen molar-refractivity contribution < 1.29 is 4.52 Å². The van der Waals surface area contributed by atoms with Gasteiger partial charge in [-0.1, -0.05) is 5.16 Å². The second-order valence-corrected chi connectivity index (χ2v) is 2.80. The SMILES string of the molecule is Cc1noc(Cn2cnnc2Cl)n1. The molecule has 13 heavy (non-hydrogen) atoms. The first-order valence-corrected chi connectivity index (χ1v) is 3.96. The van der Waals surface area contributed by atoms with Gasteiger partial charge in [-0.2, -0.15) is 4.98 Å². The number of nitrogens with zero attached hydrogens (tertiary/aromatic N) is 5. The van der Waals surface area contributed by atoms with E-state index in [1.54, 1.807) is 11.5 Å². The van der Waals surface area contributed by atoms with Crippen LogP contribution in [-0.4, -0.2) is 24.9 Å². The molecule has 0 N–H and O–H groups in total. The molecule has 68 valence electrons. The molecule has 0 saturated carbocycles. The highest BCUT2D eigenvalue weighted by molar-refractivity contribution is 6.28. The van der Waals surface area contributed by atoms with Gasteiger partial charge in [0.05, 0.1) is 0 Å². The molecular formula is C6H6ClN5O. The molecule has 0 aliphatic rings. The second-order valence-electron chi connectivity index (χ2n) is 2.46. The lowest BCUT2D eigenvalue weighted by atomic mass is 10.6. The molecule has 0 amide bonds. The Hall–Kier alpha value is -1.43. The van der Waals surface area contributed by atoms with Crippen molar-refractivity contribution in [2.45, 2.75) is 13.5 Å². The third-order valence-electron chi connectivity index (χ3n) is 1.44. The number of hydrogen-bond donors (Lipinski definition) is 0. The van der Waals surface area contributed by atoms with E-state index >= 15 is 0 Å². The van der Waals surface area contributed by atoms with E-state index < -0.39 is 0 Å². The smallest absolute Gasteiger partial charge is 0.246 e. The van der Waals surface area contributed by atoms with Crippen LogP contribution in [0, 0.1) is 6.92 Å². The van der Waals surface area contributed by atoms with E-state index in [9.17, 15) is 0 Å². The van der Waals surface area contributed by atoms with Gasteiger partial charge < -0.3 is 4.52 Å². The molecule has 0 bridgehead atoms. The summed E-state index contributed by atoms with van der Waals surface area (Å²) in [6.07, 6.45) is 1.50. The van der Waals surface area contributed by atoms with Crippen molar-refractivity contribution in [3.05, 3.63) is 23.3 Å². The zero-order valence-electron chi connectivity index (χ0n) is 6.81. The fourth-order valence-corrected chi connectivity index (χ4v) is 1.04. The third-order valence-corrected chi connectivity index (χ3v) is 1.74. The first-order valence-electron chi connectivity index (χ1n) is 3.58. The zero-order valence-corrected chi connectivity index (χ0v) is 7.56. The molecule has 0 aromatic carbocycles. The van der Waals surface area contributed by atoms with E-state index in [4.69, 9.17) is 16.1 Å². The highest BCUT2D eigenvalue weighted by Crippen LogP contribution is 2.06. The third kappa shape index (κ3) is 1.67. The van der Waals surface area contributed by atoms with Gasteiger partial charge in [-0.15, -0.1) is 10.2 Å². The Morgan fingerprint density at radius 3 is 3.00 bits per heavy atom. The normalized spacial score (nSPS) is 10.6. The summed E-state index contributed by atoms with van der Waals surface area (Å²) in [7, 11) is 0. The summed E-state index contributed by atoms with van der Waals surface area (Å²) in [4.78, 5) is 4.01. The Morgan fingerprint density at radius 2 is 2.46 bits per heavy atom. The standard InChI is InChI=1S/C6H6ClN5O/c1-4-9-5(13-11-4)2-12-3-8-10-6(12)7/h3H,2H2,1H3. The molecule has 7 heteroatoms. The van der Waals surface area contributed by atoms with E-state index in [-0.39, 0.29) is 0 Å². The van der Waals surface area contributed by atoms with E-state index in [2.05, 4.69) is 20.3 Å². The van der Waals surface area contributed by atoms with Gasteiger partial charge in [0.2, 0.25) is 11.2 Å². The predicted molar refractivity (Wildman–Crippen MR) is 43.2 cm³/mol. The molecule has 0 aliphatic heterocycles. The Labute approximate surface area is 78.5 Å². The maximum absolute atomic E-state index is 5.70. The van der Waals surface area contributed by atoms with Crippen LogP contribution in [0.3, 0.4) is 0 Å². The fraction of sp³-hybridized carbons (Fsp3) is 0.333. The van der Waals surface area contributed by atoms with Crippen LogP contribution < -0.4 is 0 Å². The maximum atomic E-state index is 5.70. The van der Waals surface area contributed by atoms with Crippen LogP contribution in [-0.2, 0) is 6.54 Å². The summed E-state index contributed by atoms with van der Waals surface area (Å²) < 4.78 is 6.50.